The lowest BCUT2D eigenvalue weighted by molar-refractivity contribution is -1.02. The van der Waals surface area contributed by atoms with Crippen LogP contribution in [0.1, 0.15) is 15.9 Å². The molecule has 2 aromatic rings. The molecule has 1 saturated heterocycles. The Morgan fingerprint density at radius 2 is 1.69 bits per heavy atom. The normalized spacial score (nSPS) is 22.9. The highest BCUT2D eigenvalue weighted by molar-refractivity contribution is 6.52. The van der Waals surface area contributed by atoms with E-state index in [9.17, 15) is 14.0 Å². The fourth-order valence-electron chi connectivity index (χ4n) is 4.28. The van der Waals surface area contributed by atoms with Gasteiger partial charge in [0.2, 0.25) is 6.79 Å². The number of anilines is 1. The number of nitrogens with one attached hydrogen (secondary N) is 2. The van der Waals surface area contributed by atoms with Gasteiger partial charge in [0, 0.05) is 5.56 Å². The largest absolute Gasteiger partial charge is 0.454 e. The highest BCUT2D eigenvalue weighted by Gasteiger charge is 2.39. The van der Waals surface area contributed by atoms with Crippen molar-refractivity contribution in [2.45, 2.75) is 6.54 Å². The molecule has 0 bridgehead atoms. The Labute approximate surface area is 167 Å². The number of halogens is 1. The van der Waals surface area contributed by atoms with Crippen molar-refractivity contribution in [3.8, 4) is 11.5 Å². The summed E-state index contributed by atoms with van der Waals surface area (Å²) in [6.45, 7) is 5.23. The molecule has 7 nitrogen and oxygen atoms in total. The molecule has 1 fully saturated rings. The standard InChI is InChI=1S/C21H20FN3O4/c22-15-2-3-16-17(10-15)25(21(27)20(16)26)12-24-7-5-23(6-8-24)11-14-1-4-18-19(9-14)29-13-28-18/h1-4,9-10H,5-8,11-13H2/p+2. The predicted molar refractivity (Wildman–Crippen MR) is 101 cm³/mol. The number of fused-ring (bicyclic) bond motifs is 2. The van der Waals surface area contributed by atoms with Gasteiger partial charge in [-0.3, -0.25) is 14.5 Å². The van der Waals surface area contributed by atoms with E-state index in [1.165, 1.54) is 38.5 Å². The van der Waals surface area contributed by atoms with Crippen LogP contribution in [0.3, 0.4) is 0 Å². The van der Waals surface area contributed by atoms with E-state index >= 15 is 0 Å². The van der Waals surface area contributed by atoms with Gasteiger partial charge in [-0.2, -0.15) is 0 Å². The molecule has 2 N–H and O–H groups in total. The van der Waals surface area contributed by atoms with Gasteiger partial charge in [0.05, 0.1) is 11.3 Å². The van der Waals surface area contributed by atoms with E-state index in [1.54, 1.807) is 0 Å². The third kappa shape index (κ3) is 3.34. The smallest absolute Gasteiger partial charge is 0.303 e. The zero-order valence-corrected chi connectivity index (χ0v) is 15.9. The van der Waals surface area contributed by atoms with Crippen LogP contribution in [0.25, 0.3) is 0 Å². The number of ether oxygens (including phenoxy) is 2. The second kappa shape index (κ2) is 7.13. The van der Waals surface area contributed by atoms with Gasteiger partial charge in [0.25, 0.3) is 5.78 Å². The Balaban J connectivity index is 1.20. The van der Waals surface area contributed by atoms with E-state index < -0.39 is 17.5 Å². The molecule has 2 aromatic carbocycles. The molecule has 0 aromatic heterocycles. The van der Waals surface area contributed by atoms with Gasteiger partial charge in [-0.05, 0) is 36.4 Å². The van der Waals surface area contributed by atoms with E-state index in [2.05, 4.69) is 6.07 Å². The molecule has 29 heavy (non-hydrogen) atoms. The maximum Gasteiger partial charge on any atom is 0.303 e. The third-order valence-electron chi connectivity index (χ3n) is 5.87. The molecule has 3 heterocycles. The minimum atomic E-state index is -0.562. The molecule has 150 valence electrons. The maximum absolute atomic E-state index is 13.6. The van der Waals surface area contributed by atoms with Crippen molar-refractivity contribution in [2.24, 2.45) is 0 Å². The molecule has 0 atom stereocenters. The average Bonchev–Trinajstić information content (AvgIpc) is 3.28. The van der Waals surface area contributed by atoms with Gasteiger partial charge in [0.15, 0.2) is 18.2 Å². The van der Waals surface area contributed by atoms with Crippen LogP contribution in [0, 0.1) is 5.82 Å². The van der Waals surface area contributed by atoms with Gasteiger partial charge in [-0.15, -0.1) is 0 Å². The summed E-state index contributed by atoms with van der Waals surface area (Å²) in [6.07, 6.45) is 0. The first-order valence-electron chi connectivity index (χ1n) is 9.80. The Kier molecular flexibility index (Phi) is 4.44. The van der Waals surface area contributed by atoms with Crippen LogP contribution in [-0.2, 0) is 11.3 Å². The predicted octanol–water partition coefficient (Wildman–Crippen LogP) is -0.975. The zero-order chi connectivity index (χ0) is 20.0. The molecular weight excluding hydrogens is 377 g/mol. The number of carbonyl (C=O) groups is 2. The van der Waals surface area contributed by atoms with Crippen molar-refractivity contribution in [3.63, 3.8) is 0 Å². The number of rotatable bonds is 4. The lowest BCUT2D eigenvalue weighted by Gasteiger charge is -2.31. The number of ketones is 1. The highest BCUT2D eigenvalue weighted by Crippen LogP contribution is 2.32. The number of piperazine rings is 1. The van der Waals surface area contributed by atoms with Crippen LogP contribution < -0.4 is 24.2 Å². The molecule has 0 unspecified atom stereocenters. The van der Waals surface area contributed by atoms with E-state index in [0.29, 0.717) is 17.9 Å². The van der Waals surface area contributed by atoms with Crippen LogP contribution >= 0.6 is 0 Å². The number of benzene rings is 2. The summed E-state index contributed by atoms with van der Waals surface area (Å²) in [4.78, 5) is 28.6. The minimum Gasteiger partial charge on any atom is -0.454 e. The lowest BCUT2D eigenvalue weighted by atomic mass is 10.1. The van der Waals surface area contributed by atoms with Crippen molar-refractivity contribution in [2.75, 3.05) is 44.5 Å². The number of quaternary nitrogens is 2. The summed E-state index contributed by atoms with van der Waals surface area (Å²) in [7, 11) is 0. The van der Waals surface area contributed by atoms with Gasteiger partial charge < -0.3 is 19.3 Å². The van der Waals surface area contributed by atoms with Crippen molar-refractivity contribution < 1.29 is 33.3 Å². The van der Waals surface area contributed by atoms with Gasteiger partial charge >= 0.3 is 5.91 Å². The number of hydrogen-bond donors (Lipinski definition) is 2. The van der Waals surface area contributed by atoms with E-state index in [1.807, 2.05) is 12.1 Å². The van der Waals surface area contributed by atoms with Crippen LogP contribution in [0.2, 0.25) is 0 Å². The first-order chi connectivity index (χ1) is 14.1. The van der Waals surface area contributed by atoms with Crippen LogP contribution in [0.5, 0.6) is 11.5 Å². The van der Waals surface area contributed by atoms with Crippen LogP contribution in [0.15, 0.2) is 36.4 Å². The molecule has 3 aliphatic heterocycles. The average molecular weight is 399 g/mol. The number of hydrogen-bond acceptors (Lipinski definition) is 4. The number of nitrogens with zero attached hydrogens (tertiary/aromatic N) is 1. The summed E-state index contributed by atoms with van der Waals surface area (Å²) in [5, 5.41) is 0. The first kappa shape index (κ1) is 18.1. The molecule has 0 aliphatic carbocycles. The lowest BCUT2D eigenvalue weighted by Crippen LogP contribution is -3.28. The first-order valence-corrected chi connectivity index (χ1v) is 9.80. The molecule has 0 saturated carbocycles. The molecule has 5 rings (SSSR count). The van der Waals surface area contributed by atoms with E-state index in [0.717, 1.165) is 44.2 Å². The number of amides is 1. The van der Waals surface area contributed by atoms with Gasteiger partial charge in [-0.1, -0.05) is 0 Å². The zero-order valence-electron chi connectivity index (χ0n) is 15.9. The molecule has 8 heteroatoms. The Morgan fingerprint density at radius 1 is 0.931 bits per heavy atom. The summed E-state index contributed by atoms with van der Waals surface area (Å²) >= 11 is 0. The van der Waals surface area contributed by atoms with Crippen LogP contribution in [-0.4, -0.2) is 51.3 Å². The molecule has 0 radical (unpaired) electrons. The summed E-state index contributed by atoms with van der Waals surface area (Å²) < 4.78 is 24.4. The number of Topliss-reactive ketones (excluding diaryl/α,β-unsaturated/α-hetero) is 1. The Hall–Kier alpha value is -2.97. The molecule has 3 aliphatic rings. The topological polar surface area (TPSA) is 64.7 Å². The minimum absolute atomic E-state index is 0.276. The molecule has 1 amide bonds. The second-order valence-electron chi connectivity index (χ2n) is 7.75. The highest BCUT2D eigenvalue weighted by atomic mass is 19.1. The SMILES string of the molecule is O=C1C(=O)N(C[NH+]2CC[NH+](Cc3ccc4c(c3)OCO4)CC2)c2cc(F)ccc21. The van der Waals surface area contributed by atoms with Crippen molar-refractivity contribution in [1.82, 2.24) is 0 Å². The summed E-state index contributed by atoms with van der Waals surface area (Å²) in [5.74, 6) is 0.0396. The van der Waals surface area contributed by atoms with Crippen molar-refractivity contribution in [1.29, 1.82) is 0 Å². The summed E-state index contributed by atoms with van der Waals surface area (Å²) in [5.41, 5.74) is 1.89. The number of carbonyl (C=O) groups excluding carboxylic acids is 2. The van der Waals surface area contributed by atoms with Crippen LogP contribution in [0.4, 0.5) is 10.1 Å². The molecular formula is C21H22FN3O4+2. The maximum atomic E-state index is 13.6. The van der Waals surface area contributed by atoms with E-state index in [4.69, 9.17) is 9.47 Å². The Morgan fingerprint density at radius 3 is 2.52 bits per heavy atom. The van der Waals surface area contributed by atoms with Gasteiger partial charge in [0.1, 0.15) is 38.5 Å². The summed E-state index contributed by atoms with van der Waals surface area (Å²) in [6, 6.07) is 9.95. The quantitative estimate of drug-likeness (QED) is 0.650. The third-order valence-corrected chi connectivity index (χ3v) is 5.87. The fraction of sp³-hybridized carbons (Fsp3) is 0.333. The van der Waals surface area contributed by atoms with E-state index in [-0.39, 0.29) is 6.79 Å². The Bertz CT molecular complexity index is 988. The monoisotopic (exact) mass is 399 g/mol. The fourth-order valence-corrected chi connectivity index (χ4v) is 4.28. The second-order valence-corrected chi connectivity index (χ2v) is 7.75. The molecule has 0 spiro atoms. The van der Waals surface area contributed by atoms with Crippen molar-refractivity contribution >= 4 is 17.4 Å². The van der Waals surface area contributed by atoms with Gasteiger partial charge in [-0.25, -0.2) is 4.39 Å². The van der Waals surface area contributed by atoms with Crippen molar-refractivity contribution in [3.05, 3.63) is 53.3 Å².